The molecule has 0 radical (unpaired) electrons. The van der Waals surface area contributed by atoms with Crippen molar-refractivity contribution in [3.63, 3.8) is 0 Å². The average molecular weight is 477 g/mol. The second-order valence-corrected chi connectivity index (χ2v) is 10.6. The Morgan fingerprint density at radius 1 is 1.19 bits per heavy atom. The minimum Gasteiger partial charge on any atom is -0.389 e. The molecule has 11 heteroatoms. The summed E-state index contributed by atoms with van der Waals surface area (Å²) in [5, 5.41) is 6.61. The molecule has 2 aromatic heterocycles. The van der Waals surface area contributed by atoms with E-state index in [0.29, 0.717) is 33.6 Å². The maximum Gasteiger partial charge on any atom is 0.280 e. The molecule has 160 valence electrons. The summed E-state index contributed by atoms with van der Waals surface area (Å²) in [5.74, 6) is -0.565. The Kier molecular flexibility index (Phi) is 6.30. The van der Waals surface area contributed by atoms with Crippen molar-refractivity contribution in [2.45, 2.75) is 29.6 Å². The van der Waals surface area contributed by atoms with Gasteiger partial charge in [0, 0.05) is 11.8 Å². The van der Waals surface area contributed by atoms with Crippen LogP contribution in [-0.4, -0.2) is 35.3 Å². The highest BCUT2D eigenvalue weighted by atomic mass is 35.5. The lowest BCUT2D eigenvalue weighted by molar-refractivity contribution is -0.110. The number of oxime groups is 1. The van der Waals surface area contributed by atoms with Gasteiger partial charge in [0.2, 0.25) is 0 Å². The van der Waals surface area contributed by atoms with Crippen LogP contribution < -0.4 is 5.32 Å². The summed E-state index contributed by atoms with van der Waals surface area (Å²) in [4.78, 5) is 26.5. The maximum absolute atomic E-state index is 12.8. The van der Waals surface area contributed by atoms with Crippen LogP contribution in [0.2, 0.25) is 4.34 Å². The minimum absolute atomic E-state index is 0.0300. The number of pyridine rings is 1. The molecule has 1 aliphatic carbocycles. The Balaban J connectivity index is 1.57. The number of carbonyl (C=O) groups excluding carboxylic acids is 1. The van der Waals surface area contributed by atoms with E-state index in [4.69, 9.17) is 16.4 Å². The third-order valence-electron chi connectivity index (χ3n) is 4.43. The molecule has 0 bridgehead atoms. The highest BCUT2D eigenvalue weighted by molar-refractivity contribution is 7.92. The lowest BCUT2D eigenvalue weighted by Gasteiger charge is -2.08. The van der Waals surface area contributed by atoms with E-state index in [0.717, 1.165) is 11.3 Å². The first kappa shape index (κ1) is 21.4. The van der Waals surface area contributed by atoms with Gasteiger partial charge in [-0.05, 0) is 37.1 Å². The lowest BCUT2D eigenvalue weighted by Crippen LogP contribution is -2.24. The number of rotatable bonds is 8. The molecule has 1 N–H and O–H groups in total. The molecule has 0 spiro atoms. The number of carbonyl (C=O) groups is 1. The number of halogens is 1. The van der Waals surface area contributed by atoms with Crippen molar-refractivity contribution in [1.82, 2.24) is 9.97 Å². The maximum atomic E-state index is 12.8. The molecule has 4 rings (SSSR count). The van der Waals surface area contributed by atoms with E-state index in [1.807, 2.05) is 6.07 Å². The quantitative estimate of drug-likeness (QED) is 0.392. The Labute approximate surface area is 187 Å². The number of nitrogens with zero attached hydrogens (tertiary/aromatic N) is 3. The zero-order chi connectivity index (χ0) is 21.8. The van der Waals surface area contributed by atoms with Crippen LogP contribution in [0.4, 0.5) is 5.13 Å². The van der Waals surface area contributed by atoms with Crippen LogP contribution in [0.15, 0.2) is 64.9 Å². The van der Waals surface area contributed by atoms with E-state index < -0.39 is 15.7 Å². The number of amides is 1. The van der Waals surface area contributed by atoms with Gasteiger partial charge >= 0.3 is 0 Å². The average Bonchev–Trinajstić information content (AvgIpc) is 3.56. The van der Waals surface area contributed by atoms with Crippen molar-refractivity contribution in [2.24, 2.45) is 5.16 Å². The number of thiazole rings is 1. The summed E-state index contributed by atoms with van der Waals surface area (Å²) < 4.78 is 25.3. The predicted molar refractivity (Wildman–Crippen MR) is 118 cm³/mol. The van der Waals surface area contributed by atoms with Gasteiger partial charge in [0.25, 0.3) is 5.91 Å². The summed E-state index contributed by atoms with van der Waals surface area (Å²) in [5.41, 5.74) is 1.01. The standard InChI is InChI=1S/C20H17ClN4O4S2/c21-17-11-23-20(30-17)24-19(26)18(25-29-12-14-3-1-2-10-22-14)13-4-6-15(7-5-13)31(27,28)16-8-9-16/h1-7,10-11,16H,8-9,12H2,(H,23,24,26)/b25-18+. The van der Waals surface area contributed by atoms with Crippen LogP contribution in [0, 0.1) is 0 Å². The van der Waals surface area contributed by atoms with Gasteiger partial charge in [0.15, 0.2) is 27.3 Å². The van der Waals surface area contributed by atoms with E-state index in [2.05, 4.69) is 20.4 Å². The molecule has 3 aromatic rings. The second-order valence-electron chi connectivity index (χ2n) is 6.73. The number of nitrogens with one attached hydrogen (secondary N) is 1. The third kappa shape index (κ3) is 5.27. The van der Waals surface area contributed by atoms with Crippen molar-refractivity contribution in [1.29, 1.82) is 0 Å². The van der Waals surface area contributed by atoms with Crippen molar-refractivity contribution in [2.75, 3.05) is 5.32 Å². The van der Waals surface area contributed by atoms with Gasteiger partial charge in [0.05, 0.1) is 22.0 Å². The van der Waals surface area contributed by atoms with E-state index in [9.17, 15) is 13.2 Å². The lowest BCUT2D eigenvalue weighted by atomic mass is 10.1. The Hall–Kier alpha value is -2.82. The molecule has 2 heterocycles. The van der Waals surface area contributed by atoms with Crippen LogP contribution >= 0.6 is 22.9 Å². The van der Waals surface area contributed by atoms with Crippen molar-refractivity contribution < 1.29 is 18.0 Å². The first-order valence-corrected chi connectivity index (χ1v) is 12.0. The molecule has 1 aliphatic rings. The highest BCUT2D eigenvalue weighted by Crippen LogP contribution is 2.33. The van der Waals surface area contributed by atoms with E-state index in [1.165, 1.54) is 30.5 Å². The van der Waals surface area contributed by atoms with Gasteiger partial charge in [-0.1, -0.05) is 46.3 Å². The first-order valence-electron chi connectivity index (χ1n) is 9.30. The molecule has 1 amide bonds. The Morgan fingerprint density at radius 3 is 2.58 bits per heavy atom. The number of aromatic nitrogens is 2. The van der Waals surface area contributed by atoms with Crippen LogP contribution in [0.3, 0.4) is 0 Å². The fourth-order valence-corrected chi connectivity index (χ4v) is 5.18. The van der Waals surface area contributed by atoms with E-state index in [1.54, 1.807) is 18.3 Å². The summed E-state index contributed by atoms with van der Waals surface area (Å²) in [7, 11) is -3.33. The van der Waals surface area contributed by atoms with Crippen LogP contribution in [0.5, 0.6) is 0 Å². The van der Waals surface area contributed by atoms with Crippen LogP contribution in [-0.2, 0) is 26.1 Å². The van der Waals surface area contributed by atoms with Crippen LogP contribution in [0.25, 0.3) is 0 Å². The number of benzene rings is 1. The van der Waals surface area contributed by atoms with Gasteiger partial charge in [-0.15, -0.1) is 0 Å². The Bertz CT molecular complexity index is 1210. The summed E-state index contributed by atoms with van der Waals surface area (Å²) in [6.07, 6.45) is 4.41. The normalized spacial score (nSPS) is 14.3. The summed E-state index contributed by atoms with van der Waals surface area (Å²) in [6.45, 7) is 0.0643. The van der Waals surface area contributed by atoms with Gasteiger partial charge in [-0.2, -0.15) is 0 Å². The van der Waals surface area contributed by atoms with Crippen molar-refractivity contribution >= 4 is 49.5 Å². The number of sulfone groups is 1. The molecule has 1 aromatic carbocycles. The molecular weight excluding hydrogens is 460 g/mol. The Morgan fingerprint density at radius 2 is 1.97 bits per heavy atom. The molecule has 0 saturated heterocycles. The highest BCUT2D eigenvalue weighted by Gasteiger charge is 2.36. The minimum atomic E-state index is -3.33. The largest absolute Gasteiger partial charge is 0.389 e. The molecule has 1 saturated carbocycles. The van der Waals surface area contributed by atoms with Gasteiger partial charge < -0.3 is 4.84 Å². The molecular formula is C20H17ClN4O4S2. The molecule has 31 heavy (non-hydrogen) atoms. The smallest absolute Gasteiger partial charge is 0.280 e. The van der Waals surface area contributed by atoms with Crippen LogP contribution in [0.1, 0.15) is 24.1 Å². The van der Waals surface area contributed by atoms with Crippen molar-refractivity contribution in [3.05, 3.63) is 70.5 Å². The second kappa shape index (κ2) is 9.13. The van der Waals surface area contributed by atoms with Crippen molar-refractivity contribution in [3.8, 4) is 0 Å². The molecule has 8 nitrogen and oxygen atoms in total. The summed E-state index contributed by atoms with van der Waals surface area (Å²) >= 11 is 6.97. The number of hydrogen-bond acceptors (Lipinski definition) is 8. The fourth-order valence-electron chi connectivity index (χ4n) is 2.71. The van der Waals surface area contributed by atoms with E-state index >= 15 is 0 Å². The number of anilines is 1. The predicted octanol–water partition coefficient (Wildman–Crippen LogP) is 3.69. The zero-order valence-electron chi connectivity index (χ0n) is 16.1. The van der Waals surface area contributed by atoms with Gasteiger partial charge in [0.1, 0.15) is 4.34 Å². The fraction of sp³-hybridized carbons (Fsp3) is 0.200. The van der Waals surface area contributed by atoms with Gasteiger partial charge in [-0.25, -0.2) is 13.4 Å². The third-order valence-corrected chi connectivity index (χ3v) is 7.74. The zero-order valence-corrected chi connectivity index (χ0v) is 18.5. The monoisotopic (exact) mass is 476 g/mol. The topological polar surface area (TPSA) is 111 Å². The summed E-state index contributed by atoms with van der Waals surface area (Å²) in [6, 6.07) is 11.4. The molecule has 1 fully saturated rings. The number of hydrogen-bond donors (Lipinski definition) is 1. The molecule has 0 unspecified atom stereocenters. The SMILES string of the molecule is O=C(Nc1ncc(Cl)s1)/C(=N/OCc1ccccn1)c1ccc(S(=O)(=O)C2CC2)cc1. The molecule has 0 aliphatic heterocycles. The molecule has 0 atom stereocenters. The first-order chi connectivity index (χ1) is 14.9. The van der Waals surface area contributed by atoms with E-state index in [-0.39, 0.29) is 22.5 Å². The van der Waals surface area contributed by atoms with Gasteiger partial charge in [-0.3, -0.25) is 15.1 Å².